The molecule has 1 N–H and O–H groups in total. The molecule has 0 unspecified atom stereocenters. The number of hydrogen-bond donors (Lipinski definition) is 1. The maximum Gasteiger partial charge on any atom is 0.295 e. The highest BCUT2D eigenvalue weighted by atomic mass is 19.1. The molecule has 2 saturated heterocycles. The predicted molar refractivity (Wildman–Crippen MR) is 132 cm³/mol. The van der Waals surface area contributed by atoms with Crippen LogP contribution in [0, 0.1) is 5.82 Å². The number of carbonyl (C=O) groups is 2. The molecular formula is C28H33FN2O4. The summed E-state index contributed by atoms with van der Waals surface area (Å²) in [6.45, 7) is 10.6. The quantitative estimate of drug-likeness (QED) is 0.380. The molecule has 6 nitrogen and oxygen atoms in total. The van der Waals surface area contributed by atoms with Gasteiger partial charge in [-0.2, -0.15) is 0 Å². The zero-order valence-corrected chi connectivity index (χ0v) is 20.6. The number of aliphatic hydroxyl groups excluding tert-OH is 1. The Morgan fingerprint density at radius 3 is 2.23 bits per heavy atom. The average Bonchev–Trinajstić information content (AvgIpc) is 3.09. The number of nitrogens with zero attached hydrogens (tertiary/aromatic N) is 2. The normalized spacial score (nSPS) is 21.0. The number of hydrogen-bond acceptors (Lipinski definition) is 5. The third kappa shape index (κ3) is 5.46. The lowest BCUT2D eigenvalue weighted by Crippen LogP contribution is -2.39. The number of Topliss-reactive ketones (excluding diaryl/α,β-unsaturated/α-hetero) is 1. The molecule has 35 heavy (non-hydrogen) atoms. The number of benzene rings is 2. The minimum Gasteiger partial charge on any atom is -0.507 e. The first kappa shape index (κ1) is 25.1. The van der Waals surface area contributed by atoms with E-state index in [1.807, 2.05) is 24.3 Å². The first-order chi connectivity index (χ1) is 16.7. The molecule has 4 rings (SSSR count). The highest BCUT2D eigenvalue weighted by Crippen LogP contribution is 2.40. The van der Waals surface area contributed by atoms with E-state index in [2.05, 4.69) is 25.7 Å². The SMILES string of the molecule is CC(C)(C)c1ccc([C@@H]2C(=C(O)c3ccc(F)cc3)C(=O)C(=O)N2CCCN2CCOCC2)cc1. The minimum atomic E-state index is -0.719. The molecule has 2 fully saturated rings. The van der Waals surface area contributed by atoms with Crippen LogP contribution in [0.25, 0.3) is 5.76 Å². The van der Waals surface area contributed by atoms with Gasteiger partial charge in [0, 0.05) is 31.7 Å². The number of ether oxygens (including phenoxy) is 1. The Balaban J connectivity index is 1.68. The van der Waals surface area contributed by atoms with Crippen LogP contribution in [0.5, 0.6) is 0 Å². The molecule has 1 amide bonds. The van der Waals surface area contributed by atoms with Gasteiger partial charge in [0.05, 0.1) is 24.8 Å². The van der Waals surface area contributed by atoms with E-state index in [9.17, 15) is 19.1 Å². The van der Waals surface area contributed by atoms with Crippen LogP contribution >= 0.6 is 0 Å². The van der Waals surface area contributed by atoms with Crippen molar-refractivity contribution in [3.8, 4) is 0 Å². The van der Waals surface area contributed by atoms with Gasteiger partial charge in [-0.25, -0.2) is 4.39 Å². The fourth-order valence-corrected chi connectivity index (χ4v) is 4.68. The van der Waals surface area contributed by atoms with Crippen LogP contribution < -0.4 is 0 Å². The van der Waals surface area contributed by atoms with Crippen LogP contribution in [0.3, 0.4) is 0 Å². The van der Waals surface area contributed by atoms with Crippen molar-refractivity contribution in [2.45, 2.75) is 38.6 Å². The molecule has 2 aromatic carbocycles. The van der Waals surface area contributed by atoms with Crippen molar-refractivity contribution in [1.82, 2.24) is 9.80 Å². The Morgan fingerprint density at radius 1 is 1.00 bits per heavy atom. The fraction of sp³-hybridized carbons (Fsp3) is 0.429. The van der Waals surface area contributed by atoms with E-state index < -0.39 is 23.5 Å². The molecule has 0 radical (unpaired) electrons. The molecule has 2 aliphatic rings. The molecule has 0 saturated carbocycles. The Hall–Kier alpha value is -3.03. The number of morpholine rings is 1. The molecule has 186 valence electrons. The molecular weight excluding hydrogens is 447 g/mol. The number of rotatable bonds is 6. The van der Waals surface area contributed by atoms with Crippen molar-refractivity contribution in [2.75, 3.05) is 39.4 Å². The number of amides is 1. The number of likely N-dealkylation sites (tertiary alicyclic amines) is 1. The maximum absolute atomic E-state index is 13.5. The standard InChI is InChI=1S/C28H33FN2O4/c1-28(2,3)21-9-5-19(6-10-21)24-23(25(32)20-7-11-22(29)12-8-20)26(33)27(34)31(24)14-4-13-30-15-17-35-18-16-30/h5-12,24,32H,4,13-18H2,1-3H3/t24-/m1/s1. The van der Waals surface area contributed by atoms with Crippen LogP contribution in [-0.4, -0.2) is 66.0 Å². The van der Waals surface area contributed by atoms with Gasteiger partial charge in [-0.15, -0.1) is 0 Å². The maximum atomic E-state index is 13.5. The van der Waals surface area contributed by atoms with Gasteiger partial charge in [0.1, 0.15) is 11.6 Å². The molecule has 2 aliphatic heterocycles. The number of aliphatic hydroxyl groups is 1. The Bertz CT molecular complexity index is 1100. The van der Waals surface area contributed by atoms with Crippen LogP contribution in [0.2, 0.25) is 0 Å². The second-order valence-corrected chi connectivity index (χ2v) is 10.2. The summed E-state index contributed by atoms with van der Waals surface area (Å²) in [6, 6.07) is 12.4. The molecule has 1 atom stereocenters. The van der Waals surface area contributed by atoms with Gasteiger partial charge in [-0.3, -0.25) is 14.5 Å². The lowest BCUT2D eigenvalue weighted by atomic mass is 9.85. The van der Waals surface area contributed by atoms with Gasteiger partial charge >= 0.3 is 0 Å². The molecule has 2 heterocycles. The third-order valence-electron chi connectivity index (χ3n) is 6.73. The lowest BCUT2D eigenvalue weighted by Gasteiger charge is -2.29. The monoisotopic (exact) mass is 480 g/mol. The van der Waals surface area contributed by atoms with E-state index in [0.29, 0.717) is 31.7 Å². The molecule has 0 bridgehead atoms. The molecule has 0 spiro atoms. The zero-order chi connectivity index (χ0) is 25.2. The minimum absolute atomic E-state index is 0.0384. The Kier molecular flexibility index (Phi) is 7.38. The Morgan fingerprint density at radius 2 is 1.63 bits per heavy atom. The lowest BCUT2D eigenvalue weighted by molar-refractivity contribution is -0.140. The van der Waals surface area contributed by atoms with E-state index in [4.69, 9.17) is 4.74 Å². The van der Waals surface area contributed by atoms with Crippen molar-refractivity contribution in [1.29, 1.82) is 0 Å². The summed E-state index contributed by atoms with van der Waals surface area (Å²) in [5, 5.41) is 11.1. The van der Waals surface area contributed by atoms with E-state index in [0.717, 1.165) is 30.8 Å². The molecule has 0 aromatic heterocycles. The van der Waals surface area contributed by atoms with Crippen molar-refractivity contribution in [3.05, 3.63) is 76.6 Å². The first-order valence-electron chi connectivity index (χ1n) is 12.1. The summed E-state index contributed by atoms with van der Waals surface area (Å²) in [5.41, 5.74) is 2.17. The van der Waals surface area contributed by atoms with Crippen molar-refractivity contribution >= 4 is 17.4 Å². The van der Waals surface area contributed by atoms with Gasteiger partial charge in [0.15, 0.2) is 0 Å². The van der Waals surface area contributed by atoms with Crippen molar-refractivity contribution in [3.63, 3.8) is 0 Å². The first-order valence-corrected chi connectivity index (χ1v) is 12.1. The largest absolute Gasteiger partial charge is 0.507 e. The number of ketones is 1. The van der Waals surface area contributed by atoms with Crippen LogP contribution in [-0.2, 0) is 19.7 Å². The second-order valence-electron chi connectivity index (χ2n) is 10.2. The van der Waals surface area contributed by atoms with E-state index in [-0.39, 0.29) is 16.7 Å². The van der Waals surface area contributed by atoms with Gasteiger partial charge in [-0.1, -0.05) is 45.0 Å². The van der Waals surface area contributed by atoms with Crippen molar-refractivity contribution in [2.24, 2.45) is 0 Å². The Labute approximate surface area is 206 Å². The zero-order valence-electron chi connectivity index (χ0n) is 20.6. The summed E-state index contributed by atoms with van der Waals surface area (Å²) in [6.07, 6.45) is 0.695. The fourth-order valence-electron chi connectivity index (χ4n) is 4.68. The summed E-state index contributed by atoms with van der Waals surface area (Å²) in [7, 11) is 0. The van der Waals surface area contributed by atoms with Crippen LogP contribution in [0.15, 0.2) is 54.1 Å². The van der Waals surface area contributed by atoms with E-state index in [1.165, 1.54) is 24.3 Å². The summed E-state index contributed by atoms with van der Waals surface area (Å²) < 4.78 is 18.9. The highest BCUT2D eigenvalue weighted by molar-refractivity contribution is 6.46. The summed E-state index contributed by atoms with van der Waals surface area (Å²) in [5.74, 6) is -2.08. The molecule has 2 aromatic rings. The summed E-state index contributed by atoms with van der Waals surface area (Å²) >= 11 is 0. The van der Waals surface area contributed by atoms with E-state index >= 15 is 0 Å². The third-order valence-corrected chi connectivity index (χ3v) is 6.73. The smallest absolute Gasteiger partial charge is 0.295 e. The molecule has 7 heteroatoms. The van der Waals surface area contributed by atoms with Crippen LogP contribution in [0.1, 0.15) is 49.9 Å². The average molecular weight is 481 g/mol. The van der Waals surface area contributed by atoms with Gasteiger partial charge in [-0.05, 0) is 47.2 Å². The van der Waals surface area contributed by atoms with Gasteiger partial charge in [0.2, 0.25) is 0 Å². The number of carbonyl (C=O) groups excluding carboxylic acids is 2. The number of halogens is 1. The summed E-state index contributed by atoms with van der Waals surface area (Å²) in [4.78, 5) is 30.1. The second kappa shape index (κ2) is 10.3. The van der Waals surface area contributed by atoms with Gasteiger partial charge in [0.25, 0.3) is 11.7 Å². The van der Waals surface area contributed by atoms with Crippen LogP contribution in [0.4, 0.5) is 4.39 Å². The predicted octanol–water partition coefficient (Wildman–Crippen LogP) is 4.27. The van der Waals surface area contributed by atoms with Crippen molar-refractivity contribution < 1.29 is 23.8 Å². The van der Waals surface area contributed by atoms with E-state index in [1.54, 1.807) is 4.90 Å². The molecule has 0 aliphatic carbocycles. The highest BCUT2D eigenvalue weighted by Gasteiger charge is 2.45. The topological polar surface area (TPSA) is 70.1 Å². The van der Waals surface area contributed by atoms with Gasteiger partial charge < -0.3 is 14.7 Å².